The highest BCUT2D eigenvalue weighted by atomic mass is 16.1. The Balaban J connectivity index is 2.23. The zero-order valence-electron chi connectivity index (χ0n) is 11.0. The van der Waals surface area contributed by atoms with E-state index in [4.69, 9.17) is 0 Å². The minimum absolute atomic E-state index is 0.0487. The summed E-state index contributed by atoms with van der Waals surface area (Å²) in [6.07, 6.45) is 6.12. The van der Waals surface area contributed by atoms with E-state index >= 15 is 0 Å². The van der Waals surface area contributed by atoms with Crippen LogP contribution in [0.3, 0.4) is 0 Å². The fraction of sp³-hybridized carbons (Fsp3) is 0.692. The molecule has 96 valence electrons. The fourth-order valence-corrected chi connectivity index (χ4v) is 1.83. The van der Waals surface area contributed by atoms with Gasteiger partial charge in [-0.2, -0.15) is 0 Å². The second kappa shape index (κ2) is 7.09. The van der Waals surface area contributed by atoms with E-state index in [0.29, 0.717) is 18.3 Å². The van der Waals surface area contributed by atoms with Crippen molar-refractivity contribution in [3.63, 3.8) is 0 Å². The first kappa shape index (κ1) is 13.7. The quantitative estimate of drug-likeness (QED) is 0.763. The Morgan fingerprint density at radius 1 is 1.47 bits per heavy atom. The van der Waals surface area contributed by atoms with Crippen molar-refractivity contribution in [3.05, 3.63) is 18.2 Å². The summed E-state index contributed by atoms with van der Waals surface area (Å²) in [5.41, 5.74) is 0.789. The summed E-state index contributed by atoms with van der Waals surface area (Å²) in [4.78, 5) is 18.5. The van der Waals surface area contributed by atoms with Crippen LogP contribution in [-0.2, 0) is 11.2 Å². The van der Waals surface area contributed by atoms with Crippen molar-refractivity contribution < 1.29 is 4.79 Å². The Kier molecular flexibility index (Phi) is 5.73. The van der Waals surface area contributed by atoms with Crippen LogP contribution in [0.15, 0.2) is 12.5 Å². The van der Waals surface area contributed by atoms with Crippen LogP contribution in [0.5, 0.6) is 0 Å². The first-order valence-electron chi connectivity index (χ1n) is 6.37. The van der Waals surface area contributed by atoms with Gasteiger partial charge in [0.2, 0.25) is 5.91 Å². The maximum atomic E-state index is 11.6. The number of aromatic amines is 1. The molecule has 1 rings (SSSR count). The molecule has 0 aliphatic rings. The molecule has 0 bridgehead atoms. The van der Waals surface area contributed by atoms with E-state index in [-0.39, 0.29) is 5.91 Å². The van der Waals surface area contributed by atoms with E-state index in [9.17, 15) is 4.79 Å². The summed E-state index contributed by atoms with van der Waals surface area (Å²) in [5, 5.41) is 2.97. The molecule has 2 unspecified atom stereocenters. The van der Waals surface area contributed by atoms with Crippen LogP contribution in [0.1, 0.15) is 39.3 Å². The minimum atomic E-state index is 0.0487. The van der Waals surface area contributed by atoms with Crippen molar-refractivity contribution in [2.24, 2.45) is 11.8 Å². The molecule has 1 aromatic rings. The number of aromatic nitrogens is 2. The number of carbonyl (C=O) groups is 1. The number of hydrogen-bond donors (Lipinski definition) is 2. The number of imidazole rings is 1. The number of rotatable bonds is 7. The third kappa shape index (κ3) is 5.02. The Morgan fingerprint density at radius 3 is 2.82 bits per heavy atom. The highest BCUT2D eigenvalue weighted by Crippen LogP contribution is 2.15. The molecule has 0 aliphatic carbocycles. The molecule has 1 heterocycles. The molecule has 0 saturated heterocycles. The molecule has 0 saturated carbocycles. The predicted octanol–water partition coefficient (Wildman–Crippen LogP) is 2.14. The lowest BCUT2D eigenvalue weighted by molar-refractivity contribution is -0.120. The molecule has 0 aromatic carbocycles. The molecule has 0 fully saturated rings. The van der Waals surface area contributed by atoms with Gasteiger partial charge in [0.15, 0.2) is 0 Å². The largest absolute Gasteiger partial charge is 0.355 e. The Labute approximate surface area is 103 Å². The number of hydrogen-bond acceptors (Lipinski definition) is 2. The average molecular weight is 237 g/mol. The van der Waals surface area contributed by atoms with Gasteiger partial charge in [-0.25, -0.2) is 4.98 Å². The molecule has 4 nitrogen and oxygen atoms in total. The zero-order chi connectivity index (χ0) is 12.7. The first-order valence-corrected chi connectivity index (χ1v) is 6.37. The normalized spacial score (nSPS) is 14.3. The standard InChI is InChI=1S/C13H23N3O/c1-4-5-10(2)11(3)7-15-13(17)6-12-8-14-9-16-12/h8-11H,4-7H2,1-3H3,(H,14,16)(H,15,17). The van der Waals surface area contributed by atoms with Gasteiger partial charge in [0, 0.05) is 12.7 Å². The lowest BCUT2D eigenvalue weighted by Gasteiger charge is -2.19. The summed E-state index contributed by atoms with van der Waals surface area (Å²) in [7, 11) is 0. The van der Waals surface area contributed by atoms with Crippen LogP contribution >= 0.6 is 0 Å². The van der Waals surface area contributed by atoms with Gasteiger partial charge < -0.3 is 10.3 Å². The van der Waals surface area contributed by atoms with E-state index in [1.54, 1.807) is 12.5 Å². The van der Waals surface area contributed by atoms with Gasteiger partial charge in [-0.05, 0) is 11.8 Å². The van der Waals surface area contributed by atoms with Crippen molar-refractivity contribution in [1.29, 1.82) is 0 Å². The van der Waals surface area contributed by atoms with Gasteiger partial charge >= 0.3 is 0 Å². The number of amides is 1. The van der Waals surface area contributed by atoms with Crippen LogP contribution in [0.4, 0.5) is 0 Å². The predicted molar refractivity (Wildman–Crippen MR) is 68.5 cm³/mol. The summed E-state index contributed by atoms with van der Waals surface area (Å²) in [6, 6.07) is 0. The molecule has 1 amide bonds. The minimum Gasteiger partial charge on any atom is -0.355 e. The number of carbonyl (C=O) groups excluding carboxylic acids is 1. The Hall–Kier alpha value is -1.32. The van der Waals surface area contributed by atoms with Crippen molar-refractivity contribution in [1.82, 2.24) is 15.3 Å². The van der Waals surface area contributed by atoms with Gasteiger partial charge in [-0.15, -0.1) is 0 Å². The van der Waals surface area contributed by atoms with E-state index in [2.05, 4.69) is 36.1 Å². The third-order valence-electron chi connectivity index (χ3n) is 3.23. The highest BCUT2D eigenvalue weighted by molar-refractivity contribution is 5.77. The molecule has 1 aromatic heterocycles. The molecular weight excluding hydrogens is 214 g/mol. The molecule has 0 radical (unpaired) electrons. The highest BCUT2D eigenvalue weighted by Gasteiger charge is 2.12. The number of H-pyrrole nitrogens is 1. The number of nitrogens with one attached hydrogen (secondary N) is 2. The van der Waals surface area contributed by atoms with E-state index < -0.39 is 0 Å². The Bertz CT molecular complexity index is 321. The molecule has 17 heavy (non-hydrogen) atoms. The average Bonchev–Trinajstić information content (AvgIpc) is 2.79. The van der Waals surface area contributed by atoms with Crippen molar-refractivity contribution in [3.8, 4) is 0 Å². The van der Waals surface area contributed by atoms with Crippen molar-refractivity contribution >= 4 is 5.91 Å². The molecule has 4 heteroatoms. The molecule has 0 aliphatic heterocycles. The van der Waals surface area contributed by atoms with E-state index in [1.165, 1.54) is 12.8 Å². The second-order valence-corrected chi connectivity index (χ2v) is 4.78. The molecule has 0 spiro atoms. The third-order valence-corrected chi connectivity index (χ3v) is 3.23. The van der Waals surface area contributed by atoms with Crippen molar-refractivity contribution in [2.75, 3.05) is 6.54 Å². The maximum Gasteiger partial charge on any atom is 0.226 e. The molecule has 2 atom stereocenters. The number of nitrogens with zero attached hydrogens (tertiary/aromatic N) is 1. The maximum absolute atomic E-state index is 11.6. The summed E-state index contributed by atoms with van der Waals surface area (Å²) >= 11 is 0. The lowest BCUT2D eigenvalue weighted by atomic mass is 9.92. The molecular formula is C13H23N3O. The van der Waals surface area contributed by atoms with Crippen LogP contribution < -0.4 is 5.32 Å². The van der Waals surface area contributed by atoms with Crippen LogP contribution in [0.25, 0.3) is 0 Å². The fourth-order valence-electron chi connectivity index (χ4n) is 1.83. The van der Waals surface area contributed by atoms with E-state index in [1.807, 2.05) is 0 Å². The summed E-state index contributed by atoms with van der Waals surface area (Å²) in [6.45, 7) is 7.38. The topological polar surface area (TPSA) is 57.8 Å². The summed E-state index contributed by atoms with van der Waals surface area (Å²) < 4.78 is 0. The van der Waals surface area contributed by atoms with Crippen LogP contribution in [-0.4, -0.2) is 22.4 Å². The van der Waals surface area contributed by atoms with Crippen molar-refractivity contribution in [2.45, 2.75) is 40.0 Å². The SMILES string of the molecule is CCCC(C)C(C)CNC(=O)Cc1c[nH]cn1. The summed E-state index contributed by atoms with van der Waals surface area (Å²) in [5.74, 6) is 1.23. The van der Waals surface area contributed by atoms with Gasteiger partial charge in [0.25, 0.3) is 0 Å². The van der Waals surface area contributed by atoms with Gasteiger partial charge in [-0.3, -0.25) is 4.79 Å². The lowest BCUT2D eigenvalue weighted by Crippen LogP contribution is -2.31. The first-order chi connectivity index (χ1) is 8.13. The monoisotopic (exact) mass is 237 g/mol. The molecule has 2 N–H and O–H groups in total. The van der Waals surface area contributed by atoms with Gasteiger partial charge in [0.05, 0.1) is 18.4 Å². The smallest absolute Gasteiger partial charge is 0.226 e. The van der Waals surface area contributed by atoms with Gasteiger partial charge in [0.1, 0.15) is 0 Å². The van der Waals surface area contributed by atoms with Crippen LogP contribution in [0.2, 0.25) is 0 Å². The van der Waals surface area contributed by atoms with Gasteiger partial charge in [-0.1, -0.05) is 33.6 Å². The van der Waals surface area contributed by atoms with Crippen LogP contribution in [0, 0.1) is 11.8 Å². The second-order valence-electron chi connectivity index (χ2n) is 4.78. The Morgan fingerprint density at radius 2 is 2.24 bits per heavy atom. The van der Waals surface area contributed by atoms with E-state index in [0.717, 1.165) is 12.2 Å². The zero-order valence-corrected chi connectivity index (χ0v) is 11.0.